The fourth-order valence-electron chi connectivity index (χ4n) is 4.55. The largest absolute Gasteiger partial charge is 0.354 e. The summed E-state index contributed by atoms with van der Waals surface area (Å²) >= 11 is 0. The van der Waals surface area contributed by atoms with Crippen molar-refractivity contribution < 1.29 is 13.2 Å². The Kier molecular flexibility index (Phi) is 8.28. The molecule has 0 fully saturated rings. The molecule has 8 heteroatoms. The number of fused-ring (bicyclic) bond motifs is 1. The summed E-state index contributed by atoms with van der Waals surface area (Å²) in [4.78, 5) is 13.4. The summed E-state index contributed by atoms with van der Waals surface area (Å²) in [5.74, 6) is -0.302. The van der Waals surface area contributed by atoms with E-state index in [0.717, 1.165) is 37.2 Å². The molecule has 0 atom stereocenters. The molecule has 4 aromatic rings. The average Bonchev–Trinajstić information content (AvgIpc) is 3.30. The maximum Gasteiger partial charge on any atom is 0.261 e. The van der Waals surface area contributed by atoms with E-state index >= 15 is 0 Å². The number of nitrogens with one attached hydrogen (secondary N) is 4. The normalized spacial score (nSPS) is 13.9. The van der Waals surface area contributed by atoms with Crippen LogP contribution in [-0.2, 0) is 21.4 Å². The number of sulfonamides is 1. The summed E-state index contributed by atoms with van der Waals surface area (Å²) in [5.41, 5.74) is 5.30. The second-order valence-corrected chi connectivity index (χ2v) is 11.3. The molecule has 0 aromatic heterocycles. The quantitative estimate of drug-likeness (QED) is 0.129. The number of hydrogen-bond donors (Lipinski definition) is 4. The van der Waals surface area contributed by atoms with Gasteiger partial charge >= 0.3 is 0 Å². The second-order valence-electron chi connectivity index (χ2n) is 9.60. The fourth-order valence-corrected chi connectivity index (χ4v) is 5.63. The maximum atomic E-state index is 13.3. The van der Waals surface area contributed by atoms with Gasteiger partial charge in [0.05, 0.1) is 16.2 Å². The van der Waals surface area contributed by atoms with Gasteiger partial charge in [-0.15, -0.1) is 0 Å². The molecule has 1 aliphatic heterocycles. The number of carbonyl (C=O) groups excluding carboxylic acids is 1. The molecule has 7 nitrogen and oxygen atoms in total. The minimum atomic E-state index is -3.88. The predicted molar refractivity (Wildman–Crippen MR) is 162 cm³/mol. The van der Waals surface area contributed by atoms with Crippen molar-refractivity contribution in [3.63, 3.8) is 0 Å². The number of benzene rings is 4. The van der Waals surface area contributed by atoms with Gasteiger partial charge in [-0.2, -0.15) is 0 Å². The molecule has 1 amide bonds. The number of hydrogen-bond acceptors (Lipinski definition) is 5. The van der Waals surface area contributed by atoms with Crippen molar-refractivity contribution >= 4 is 44.3 Å². The predicted octanol–water partition coefficient (Wildman–Crippen LogP) is 6.31. The maximum absolute atomic E-state index is 13.3. The van der Waals surface area contributed by atoms with E-state index < -0.39 is 10.0 Å². The highest BCUT2D eigenvalue weighted by Gasteiger charge is 2.30. The topological polar surface area (TPSA) is 99.3 Å². The summed E-state index contributed by atoms with van der Waals surface area (Å²) in [6.45, 7) is 3.94. The Bertz CT molecular complexity index is 1620. The smallest absolute Gasteiger partial charge is 0.261 e. The van der Waals surface area contributed by atoms with Crippen molar-refractivity contribution in [1.82, 2.24) is 5.32 Å². The Balaban J connectivity index is 1.50. The zero-order chi connectivity index (χ0) is 28.0. The van der Waals surface area contributed by atoms with Gasteiger partial charge in [0.15, 0.2) is 0 Å². The van der Waals surface area contributed by atoms with Gasteiger partial charge in [-0.1, -0.05) is 74.0 Å². The van der Waals surface area contributed by atoms with Gasteiger partial charge in [0, 0.05) is 29.2 Å². The second kappa shape index (κ2) is 12.2. The van der Waals surface area contributed by atoms with E-state index in [9.17, 15) is 13.2 Å². The summed E-state index contributed by atoms with van der Waals surface area (Å²) in [6, 6.07) is 31.0. The number of amides is 1. The van der Waals surface area contributed by atoms with Gasteiger partial charge in [-0.05, 0) is 66.6 Å². The van der Waals surface area contributed by atoms with Gasteiger partial charge in [-0.25, -0.2) is 8.42 Å². The lowest BCUT2D eigenvalue weighted by molar-refractivity contribution is -0.110. The standard InChI is InChI=1S/C32H32N4O3S/c1-2-3-20-33-22-23-14-16-25(17-15-23)34-31(24-10-6-4-7-11-24)30-28-21-27(18-19-29(28)35-32(30)37)40(38,39)36-26-12-8-5-9-13-26/h4-19,21,33-34,36H,2-3,20,22H2,1H3,(H,35,37)/b31-30-. The fraction of sp³-hybridized carbons (Fsp3) is 0.156. The van der Waals surface area contributed by atoms with Gasteiger partial charge in [0.25, 0.3) is 15.9 Å². The molecular weight excluding hydrogens is 520 g/mol. The van der Waals surface area contributed by atoms with Crippen LogP contribution in [0, 0.1) is 0 Å². The summed E-state index contributed by atoms with van der Waals surface area (Å²) < 4.78 is 29.0. The Morgan fingerprint density at radius 1 is 0.825 bits per heavy atom. The number of rotatable bonds is 11. The van der Waals surface area contributed by atoms with Crippen molar-refractivity contribution in [3.05, 3.63) is 120 Å². The van der Waals surface area contributed by atoms with Crippen molar-refractivity contribution in [3.8, 4) is 0 Å². The number of para-hydroxylation sites is 1. The molecule has 0 saturated carbocycles. The molecule has 5 rings (SSSR count). The Morgan fingerprint density at radius 2 is 1.52 bits per heavy atom. The van der Waals surface area contributed by atoms with Crippen LogP contribution in [0.3, 0.4) is 0 Å². The van der Waals surface area contributed by atoms with E-state index in [1.807, 2.05) is 48.5 Å². The third-order valence-corrected chi connectivity index (χ3v) is 8.02. The minimum absolute atomic E-state index is 0.0661. The van der Waals surface area contributed by atoms with E-state index in [-0.39, 0.29) is 10.8 Å². The molecule has 0 bridgehead atoms. The van der Waals surface area contributed by atoms with Crippen LogP contribution in [0.4, 0.5) is 17.1 Å². The molecule has 0 spiro atoms. The van der Waals surface area contributed by atoms with Crippen LogP contribution in [0.25, 0.3) is 11.3 Å². The highest BCUT2D eigenvalue weighted by Crippen LogP contribution is 2.39. The molecule has 1 aliphatic rings. The first-order chi connectivity index (χ1) is 19.4. The highest BCUT2D eigenvalue weighted by atomic mass is 32.2. The zero-order valence-electron chi connectivity index (χ0n) is 22.3. The lowest BCUT2D eigenvalue weighted by Gasteiger charge is -2.16. The molecule has 4 N–H and O–H groups in total. The first-order valence-electron chi connectivity index (χ1n) is 13.3. The number of unbranched alkanes of at least 4 members (excludes halogenated alkanes) is 1. The van der Waals surface area contributed by atoms with Crippen LogP contribution < -0.4 is 20.7 Å². The van der Waals surface area contributed by atoms with E-state index in [2.05, 4.69) is 39.7 Å². The molecule has 204 valence electrons. The molecule has 1 heterocycles. The minimum Gasteiger partial charge on any atom is -0.354 e. The molecule has 0 aliphatic carbocycles. The van der Waals surface area contributed by atoms with Crippen molar-refractivity contribution in [2.24, 2.45) is 0 Å². The van der Waals surface area contributed by atoms with E-state index in [1.54, 1.807) is 36.4 Å². The molecule has 40 heavy (non-hydrogen) atoms. The van der Waals surface area contributed by atoms with Crippen LogP contribution in [0.15, 0.2) is 108 Å². The molecule has 0 unspecified atom stereocenters. The highest BCUT2D eigenvalue weighted by molar-refractivity contribution is 7.92. The molecule has 0 saturated heterocycles. The SMILES string of the molecule is CCCCNCc1ccc(N/C(=C2\C(=O)Nc3ccc(S(=O)(=O)Nc4ccccc4)cc32)c2ccccc2)cc1. The van der Waals surface area contributed by atoms with Crippen LogP contribution in [0.2, 0.25) is 0 Å². The van der Waals surface area contributed by atoms with E-state index in [1.165, 1.54) is 11.6 Å². The third kappa shape index (κ3) is 6.25. The summed E-state index contributed by atoms with van der Waals surface area (Å²) in [5, 5.41) is 9.78. The van der Waals surface area contributed by atoms with Gasteiger partial charge in [0.2, 0.25) is 0 Å². The van der Waals surface area contributed by atoms with E-state index in [4.69, 9.17) is 0 Å². The Labute approximate surface area is 235 Å². The van der Waals surface area contributed by atoms with Crippen molar-refractivity contribution in [2.45, 2.75) is 31.2 Å². The first kappa shape index (κ1) is 27.2. The third-order valence-electron chi connectivity index (χ3n) is 6.64. The van der Waals surface area contributed by atoms with Crippen molar-refractivity contribution in [1.29, 1.82) is 0 Å². The van der Waals surface area contributed by atoms with Crippen LogP contribution in [0.5, 0.6) is 0 Å². The average molecular weight is 553 g/mol. The Hall–Kier alpha value is -4.40. The zero-order valence-corrected chi connectivity index (χ0v) is 23.1. The van der Waals surface area contributed by atoms with Crippen molar-refractivity contribution in [2.75, 3.05) is 21.9 Å². The lowest BCUT2D eigenvalue weighted by Crippen LogP contribution is -2.14. The van der Waals surface area contributed by atoms with Crippen LogP contribution in [0.1, 0.15) is 36.5 Å². The first-order valence-corrected chi connectivity index (χ1v) is 14.8. The summed E-state index contributed by atoms with van der Waals surface area (Å²) in [7, 11) is -3.88. The number of carbonyl (C=O) groups is 1. The molecule has 0 radical (unpaired) electrons. The molecule has 4 aromatic carbocycles. The van der Waals surface area contributed by atoms with E-state index in [0.29, 0.717) is 28.2 Å². The Morgan fingerprint density at radius 3 is 2.23 bits per heavy atom. The van der Waals surface area contributed by atoms with Gasteiger partial charge in [-0.3, -0.25) is 9.52 Å². The lowest BCUT2D eigenvalue weighted by atomic mass is 10.00. The van der Waals surface area contributed by atoms with Crippen LogP contribution in [-0.4, -0.2) is 20.9 Å². The summed E-state index contributed by atoms with van der Waals surface area (Å²) in [6.07, 6.45) is 2.29. The van der Waals surface area contributed by atoms with Crippen LogP contribution >= 0.6 is 0 Å². The number of anilines is 3. The monoisotopic (exact) mass is 552 g/mol. The van der Waals surface area contributed by atoms with Gasteiger partial charge < -0.3 is 16.0 Å². The molecular formula is C32H32N4O3S. The van der Waals surface area contributed by atoms with Gasteiger partial charge in [0.1, 0.15) is 0 Å².